The van der Waals surface area contributed by atoms with Crippen LogP contribution in [0.15, 0.2) is 48.9 Å². The number of imidazole rings is 1. The number of aryl methyl sites for hydroxylation is 1. The van der Waals surface area contributed by atoms with Crippen molar-refractivity contribution in [3.05, 3.63) is 54.5 Å². The largest absolute Gasteiger partial charge is 0.330 e. The van der Waals surface area contributed by atoms with Gasteiger partial charge < -0.3 is 4.57 Å². The van der Waals surface area contributed by atoms with E-state index in [1.165, 1.54) is 5.56 Å². The lowest BCUT2D eigenvalue weighted by Gasteiger charge is -2.15. The summed E-state index contributed by atoms with van der Waals surface area (Å²) in [5.74, 6) is 0.909. The Bertz CT molecular complexity index is 806. The number of benzene rings is 1. The molecule has 0 radical (unpaired) electrons. The summed E-state index contributed by atoms with van der Waals surface area (Å²) >= 11 is 0. The minimum Gasteiger partial charge on any atom is -0.330 e. The molecule has 1 saturated heterocycles. The summed E-state index contributed by atoms with van der Waals surface area (Å²) in [6.45, 7) is 6.23. The minimum atomic E-state index is 0.388. The fraction of sp³-hybridized carbons (Fsp3) is 0.421. The van der Waals surface area contributed by atoms with E-state index in [4.69, 9.17) is 0 Å². The molecule has 0 saturated carbocycles. The molecule has 0 unspecified atom stereocenters. The Morgan fingerprint density at radius 3 is 2.92 bits per heavy atom. The van der Waals surface area contributed by atoms with Crippen molar-refractivity contribution in [2.75, 3.05) is 13.1 Å². The Kier molecular flexibility index (Phi) is 4.61. The molecule has 0 bridgehead atoms. The molecule has 4 rings (SSSR count). The molecule has 1 fully saturated rings. The minimum absolute atomic E-state index is 0.388. The highest BCUT2D eigenvalue weighted by atomic mass is 15.5. The first-order valence-corrected chi connectivity index (χ1v) is 9.03. The van der Waals surface area contributed by atoms with Crippen LogP contribution in [-0.2, 0) is 13.1 Å². The standard InChI is InChI=1S/C19H24N6/c1-2-10-24-12-9-20-19(24)18-15-25(22-21-18)17-8-11-23(14-17)13-16-6-4-3-5-7-16/h3-7,9,12,15,17H,2,8,10-11,13-14H2,1H3/t17-/m0/s1. The van der Waals surface area contributed by atoms with Crippen molar-refractivity contribution >= 4 is 0 Å². The van der Waals surface area contributed by atoms with Gasteiger partial charge in [-0.15, -0.1) is 5.10 Å². The van der Waals surface area contributed by atoms with Crippen LogP contribution in [-0.4, -0.2) is 42.5 Å². The molecule has 1 aliphatic heterocycles. The van der Waals surface area contributed by atoms with Gasteiger partial charge in [0.25, 0.3) is 0 Å². The van der Waals surface area contributed by atoms with Crippen molar-refractivity contribution in [3.8, 4) is 11.5 Å². The Morgan fingerprint density at radius 1 is 1.20 bits per heavy atom. The molecule has 0 spiro atoms. The van der Waals surface area contributed by atoms with E-state index in [1.54, 1.807) is 0 Å². The zero-order valence-corrected chi connectivity index (χ0v) is 14.6. The van der Waals surface area contributed by atoms with Gasteiger partial charge in [-0.3, -0.25) is 4.90 Å². The van der Waals surface area contributed by atoms with Gasteiger partial charge in [0.2, 0.25) is 0 Å². The number of likely N-dealkylation sites (tertiary alicyclic amines) is 1. The second-order valence-corrected chi connectivity index (χ2v) is 6.69. The Hall–Kier alpha value is -2.47. The van der Waals surface area contributed by atoms with Gasteiger partial charge in [0, 0.05) is 38.6 Å². The van der Waals surface area contributed by atoms with Crippen molar-refractivity contribution in [1.82, 2.24) is 29.4 Å². The number of rotatable bonds is 6. The fourth-order valence-corrected chi connectivity index (χ4v) is 3.53. The molecule has 3 heterocycles. The van der Waals surface area contributed by atoms with Gasteiger partial charge in [0.15, 0.2) is 5.82 Å². The van der Waals surface area contributed by atoms with E-state index in [-0.39, 0.29) is 0 Å². The average Bonchev–Trinajstić information content (AvgIpc) is 3.35. The van der Waals surface area contributed by atoms with Crippen LogP contribution >= 0.6 is 0 Å². The number of aromatic nitrogens is 5. The van der Waals surface area contributed by atoms with E-state index in [0.29, 0.717) is 6.04 Å². The highest BCUT2D eigenvalue weighted by Crippen LogP contribution is 2.24. The Morgan fingerprint density at radius 2 is 2.08 bits per heavy atom. The lowest BCUT2D eigenvalue weighted by molar-refractivity contribution is 0.310. The van der Waals surface area contributed by atoms with Crippen molar-refractivity contribution in [2.24, 2.45) is 0 Å². The third-order valence-corrected chi connectivity index (χ3v) is 4.79. The molecule has 0 N–H and O–H groups in total. The zero-order valence-electron chi connectivity index (χ0n) is 14.6. The first kappa shape index (κ1) is 16.0. The predicted molar refractivity (Wildman–Crippen MR) is 96.9 cm³/mol. The zero-order chi connectivity index (χ0) is 17.1. The van der Waals surface area contributed by atoms with Gasteiger partial charge in [-0.05, 0) is 18.4 Å². The van der Waals surface area contributed by atoms with Crippen LogP contribution in [0.5, 0.6) is 0 Å². The van der Waals surface area contributed by atoms with Crippen LogP contribution in [0.25, 0.3) is 11.5 Å². The summed E-state index contributed by atoms with van der Waals surface area (Å²) in [5, 5.41) is 8.75. The fourth-order valence-electron chi connectivity index (χ4n) is 3.53. The van der Waals surface area contributed by atoms with E-state index in [2.05, 4.69) is 62.0 Å². The normalized spacial score (nSPS) is 18.0. The van der Waals surface area contributed by atoms with Crippen LogP contribution in [0.1, 0.15) is 31.4 Å². The molecule has 2 aromatic heterocycles. The smallest absolute Gasteiger partial charge is 0.162 e. The molecule has 0 aliphatic carbocycles. The molecule has 130 valence electrons. The molecular formula is C19H24N6. The maximum atomic E-state index is 4.45. The molecule has 1 aliphatic rings. The number of nitrogens with zero attached hydrogens (tertiary/aromatic N) is 6. The van der Waals surface area contributed by atoms with E-state index < -0.39 is 0 Å². The van der Waals surface area contributed by atoms with Crippen LogP contribution < -0.4 is 0 Å². The van der Waals surface area contributed by atoms with Gasteiger partial charge in [-0.2, -0.15) is 0 Å². The van der Waals surface area contributed by atoms with E-state index in [9.17, 15) is 0 Å². The summed E-state index contributed by atoms with van der Waals surface area (Å²) in [4.78, 5) is 6.94. The highest BCUT2D eigenvalue weighted by molar-refractivity contribution is 5.47. The third-order valence-electron chi connectivity index (χ3n) is 4.79. The molecular weight excluding hydrogens is 312 g/mol. The Labute approximate surface area is 148 Å². The number of hydrogen-bond donors (Lipinski definition) is 0. The molecule has 1 atom stereocenters. The van der Waals surface area contributed by atoms with E-state index >= 15 is 0 Å². The second kappa shape index (κ2) is 7.19. The lowest BCUT2D eigenvalue weighted by Crippen LogP contribution is -2.21. The first-order valence-electron chi connectivity index (χ1n) is 9.03. The van der Waals surface area contributed by atoms with Gasteiger partial charge >= 0.3 is 0 Å². The highest BCUT2D eigenvalue weighted by Gasteiger charge is 2.25. The molecule has 0 amide bonds. The van der Waals surface area contributed by atoms with Gasteiger partial charge in [-0.25, -0.2) is 9.67 Å². The average molecular weight is 336 g/mol. The predicted octanol–water partition coefficient (Wildman–Crippen LogP) is 3.00. The summed E-state index contributed by atoms with van der Waals surface area (Å²) < 4.78 is 4.16. The van der Waals surface area contributed by atoms with Crippen molar-refractivity contribution in [2.45, 2.75) is 38.9 Å². The molecule has 6 heteroatoms. The van der Waals surface area contributed by atoms with E-state index in [0.717, 1.165) is 50.5 Å². The monoisotopic (exact) mass is 336 g/mol. The molecule has 6 nitrogen and oxygen atoms in total. The SMILES string of the molecule is CCCn1ccnc1-c1cn([C@H]2CCN(Cc3ccccc3)C2)nn1. The Balaban J connectivity index is 1.43. The lowest BCUT2D eigenvalue weighted by atomic mass is 10.2. The topological polar surface area (TPSA) is 51.8 Å². The van der Waals surface area contributed by atoms with Crippen LogP contribution in [0.4, 0.5) is 0 Å². The third kappa shape index (κ3) is 3.49. The van der Waals surface area contributed by atoms with Crippen LogP contribution in [0.3, 0.4) is 0 Å². The first-order chi connectivity index (χ1) is 12.3. The van der Waals surface area contributed by atoms with Gasteiger partial charge in [-0.1, -0.05) is 42.5 Å². The maximum absolute atomic E-state index is 4.45. The van der Waals surface area contributed by atoms with Gasteiger partial charge in [0.1, 0.15) is 5.69 Å². The summed E-state index contributed by atoms with van der Waals surface area (Å²) in [6.07, 6.45) is 8.08. The van der Waals surface area contributed by atoms with Crippen molar-refractivity contribution < 1.29 is 0 Å². The molecule has 25 heavy (non-hydrogen) atoms. The van der Waals surface area contributed by atoms with Crippen molar-refractivity contribution in [3.63, 3.8) is 0 Å². The van der Waals surface area contributed by atoms with Crippen LogP contribution in [0.2, 0.25) is 0 Å². The second-order valence-electron chi connectivity index (χ2n) is 6.69. The maximum Gasteiger partial charge on any atom is 0.162 e. The van der Waals surface area contributed by atoms with E-state index in [1.807, 2.05) is 23.3 Å². The molecule has 3 aromatic rings. The summed E-state index contributed by atoms with van der Waals surface area (Å²) in [7, 11) is 0. The number of hydrogen-bond acceptors (Lipinski definition) is 4. The van der Waals surface area contributed by atoms with Crippen molar-refractivity contribution in [1.29, 1.82) is 0 Å². The molecule has 1 aromatic carbocycles. The quantitative estimate of drug-likeness (QED) is 0.694. The van der Waals surface area contributed by atoms with Gasteiger partial charge in [0.05, 0.1) is 12.2 Å². The summed E-state index contributed by atoms with van der Waals surface area (Å²) in [5.41, 5.74) is 2.23. The van der Waals surface area contributed by atoms with Crippen LogP contribution in [0, 0.1) is 0 Å². The summed E-state index contributed by atoms with van der Waals surface area (Å²) in [6, 6.07) is 11.0.